The van der Waals surface area contributed by atoms with E-state index in [1.807, 2.05) is 0 Å². The molecule has 3 rings (SSSR count). The van der Waals surface area contributed by atoms with Gasteiger partial charge in [-0.15, -0.1) is 0 Å². The molecule has 0 heterocycles. The van der Waals surface area contributed by atoms with Crippen LogP contribution in [0.3, 0.4) is 0 Å². The number of nitrogens with zero attached hydrogens (tertiary/aromatic N) is 1. The van der Waals surface area contributed by atoms with E-state index in [9.17, 15) is 0 Å². The van der Waals surface area contributed by atoms with Gasteiger partial charge < -0.3 is 5.32 Å². The van der Waals surface area contributed by atoms with Gasteiger partial charge in [0.2, 0.25) is 0 Å². The average molecular weight is 286 g/mol. The van der Waals surface area contributed by atoms with Crippen molar-refractivity contribution in [1.29, 1.82) is 0 Å². The molecular weight excluding hydrogens is 256 g/mol. The second-order valence-corrected chi connectivity index (χ2v) is 6.97. The average Bonchev–Trinajstić information content (AvgIpc) is 3.04. The van der Waals surface area contributed by atoms with Crippen LogP contribution >= 0.6 is 0 Å². The molecule has 1 N–H and O–H groups in total. The van der Waals surface area contributed by atoms with Crippen LogP contribution in [0.5, 0.6) is 0 Å². The highest BCUT2D eigenvalue weighted by Crippen LogP contribution is 2.41. The van der Waals surface area contributed by atoms with E-state index in [0.717, 1.165) is 12.6 Å². The van der Waals surface area contributed by atoms with Crippen molar-refractivity contribution in [3.8, 4) is 0 Å². The van der Waals surface area contributed by atoms with Crippen LogP contribution in [0.4, 0.5) is 0 Å². The van der Waals surface area contributed by atoms with E-state index in [4.69, 9.17) is 0 Å². The topological polar surface area (TPSA) is 15.3 Å². The molecule has 116 valence electrons. The Morgan fingerprint density at radius 3 is 2.48 bits per heavy atom. The van der Waals surface area contributed by atoms with Gasteiger partial charge in [-0.2, -0.15) is 0 Å². The Bertz CT molecular complexity index is 464. The Kier molecular flexibility index (Phi) is 4.66. The summed E-state index contributed by atoms with van der Waals surface area (Å²) in [4.78, 5) is 2.70. The van der Waals surface area contributed by atoms with Crippen LogP contribution in [0.2, 0.25) is 0 Å². The molecule has 0 aromatic heterocycles. The minimum Gasteiger partial charge on any atom is -0.309 e. The van der Waals surface area contributed by atoms with Gasteiger partial charge in [-0.3, -0.25) is 4.90 Å². The molecule has 0 saturated heterocycles. The van der Waals surface area contributed by atoms with Gasteiger partial charge in [0.25, 0.3) is 0 Å². The van der Waals surface area contributed by atoms with Crippen molar-refractivity contribution < 1.29 is 0 Å². The molecular formula is C19H30N2. The van der Waals surface area contributed by atoms with Crippen molar-refractivity contribution in [2.45, 2.75) is 70.0 Å². The van der Waals surface area contributed by atoms with Gasteiger partial charge >= 0.3 is 0 Å². The van der Waals surface area contributed by atoms with E-state index >= 15 is 0 Å². The molecule has 2 aliphatic carbocycles. The molecule has 2 heteroatoms. The van der Waals surface area contributed by atoms with Crippen molar-refractivity contribution in [1.82, 2.24) is 10.2 Å². The van der Waals surface area contributed by atoms with Gasteiger partial charge in [0, 0.05) is 18.1 Å². The van der Waals surface area contributed by atoms with Gasteiger partial charge in [-0.25, -0.2) is 0 Å². The molecule has 0 amide bonds. The van der Waals surface area contributed by atoms with Crippen LogP contribution in [0.25, 0.3) is 0 Å². The highest BCUT2D eigenvalue weighted by atomic mass is 15.2. The number of likely N-dealkylation sites (N-methyl/N-ethyl adjacent to an activating group) is 2. The van der Waals surface area contributed by atoms with E-state index in [1.54, 1.807) is 5.56 Å². The van der Waals surface area contributed by atoms with Gasteiger partial charge in [0.05, 0.1) is 0 Å². The zero-order valence-electron chi connectivity index (χ0n) is 13.8. The maximum absolute atomic E-state index is 3.77. The summed E-state index contributed by atoms with van der Waals surface area (Å²) in [5.41, 5.74) is 3.09. The van der Waals surface area contributed by atoms with E-state index in [1.165, 1.54) is 37.7 Å². The Hall–Kier alpha value is -0.860. The van der Waals surface area contributed by atoms with Crippen LogP contribution in [-0.4, -0.2) is 30.6 Å². The summed E-state index contributed by atoms with van der Waals surface area (Å²) >= 11 is 0. The summed E-state index contributed by atoms with van der Waals surface area (Å²) in [5, 5.41) is 3.77. The lowest BCUT2D eigenvalue weighted by Crippen LogP contribution is -2.49. The maximum atomic E-state index is 3.77. The van der Waals surface area contributed by atoms with Crippen molar-refractivity contribution in [3.63, 3.8) is 0 Å². The number of nitrogens with one attached hydrogen (secondary N) is 1. The summed E-state index contributed by atoms with van der Waals surface area (Å²) in [6, 6.07) is 11.0. The smallest absolute Gasteiger partial charge is 0.0481 e. The third-order valence-corrected chi connectivity index (χ3v) is 5.69. The predicted octanol–water partition coefficient (Wildman–Crippen LogP) is 4.09. The first kappa shape index (κ1) is 15.1. The van der Waals surface area contributed by atoms with E-state index in [0.29, 0.717) is 18.0 Å². The summed E-state index contributed by atoms with van der Waals surface area (Å²) in [7, 11) is 2.37. The van der Waals surface area contributed by atoms with E-state index in [-0.39, 0.29) is 0 Å². The number of rotatable bonds is 4. The molecule has 1 aromatic rings. The molecule has 1 aromatic carbocycles. The summed E-state index contributed by atoms with van der Waals surface area (Å²) < 4.78 is 0. The summed E-state index contributed by atoms with van der Waals surface area (Å²) in [5.74, 6) is 0.671. The molecule has 1 saturated carbocycles. The number of hydrogen-bond donors (Lipinski definition) is 1. The highest BCUT2D eigenvalue weighted by Gasteiger charge is 2.37. The number of benzene rings is 1. The lowest BCUT2D eigenvalue weighted by molar-refractivity contribution is 0.118. The molecule has 0 bridgehead atoms. The molecule has 21 heavy (non-hydrogen) atoms. The molecule has 0 radical (unpaired) electrons. The van der Waals surface area contributed by atoms with E-state index in [2.05, 4.69) is 55.4 Å². The van der Waals surface area contributed by atoms with Crippen LogP contribution in [0, 0.1) is 0 Å². The van der Waals surface area contributed by atoms with Crippen molar-refractivity contribution in [2.24, 2.45) is 0 Å². The maximum Gasteiger partial charge on any atom is 0.0481 e. The normalized spacial score (nSPS) is 29.8. The molecule has 3 unspecified atom stereocenters. The van der Waals surface area contributed by atoms with Gasteiger partial charge in [-0.05, 0) is 49.9 Å². The van der Waals surface area contributed by atoms with Crippen LogP contribution in [-0.2, 0) is 0 Å². The molecule has 1 fully saturated rings. The molecule has 0 spiro atoms. The third-order valence-electron chi connectivity index (χ3n) is 5.69. The molecule has 0 aliphatic heterocycles. The molecule has 2 aliphatic rings. The van der Waals surface area contributed by atoms with Gasteiger partial charge in [-0.1, -0.05) is 51.0 Å². The predicted molar refractivity (Wildman–Crippen MR) is 89.7 cm³/mol. The first-order valence-corrected chi connectivity index (χ1v) is 8.76. The van der Waals surface area contributed by atoms with Gasteiger partial charge in [0.1, 0.15) is 0 Å². The second-order valence-electron chi connectivity index (χ2n) is 6.97. The van der Waals surface area contributed by atoms with Crippen LogP contribution in [0.15, 0.2) is 24.3 Å². The standard InChI is InChI=1S/C19H30N2/c1-4-20-19-17-12-8-7-11-16(17)14(2)13-18(19)21(3)15-9-5-6-10-15/h7-8,11-12,14-15,18-20H,4-6,9-10,13H2,1-3H3. The van der Waals surface area contributed by atoms with Crippen molar-refractivity contribution in [3.05, 3.63) is 35.4 Å². The minimum atomic E-state index is 0.494. The monoisotopic (exact) mass is 286 g/mol. The Morgan fingerprint density at radius 2 is 1.81 bits per heavy atom. The third kappa shape index (κ3) is 2.89. The van der Waals surface area contributed by atoms with E-state index < -0.39 is 0 Å². The molecule has 3 atom stereocenters. The fraction of sp³-hybridized carbons (Fsp3) is 0.684. The fourth-order valence-corrected chi connectivity index (χ4v) is 4.53. The lowest BCUT2D eigenvalue weighted by atomic mass is 9.77. The lowest BCUT2D eigenvalue weighted by Gasteiger charge is -2.44. The fourth-order valence-electron chi connectivity index (χ4n) is 4.53. The number of fused-ring (bicyclic) bond motifs is 1. The van der Waals surface area contributed by atoms with Crippen molar-refractivity contribution in [2.75, 3.05) is 13.6 Å². The summed E-state index contributed by atoms with van der Waals surface area (Å²) in [6.45, 7) is 5.67. The highest BCUT2D eigenvalue weighted by molar-refractivity contribution is 5.36. The zero-order chi connectivity index (χ0) is 14.8. The number of hydrogen-bond acceptors (Lipinski definition) is 2. The van der Waals surface area contributed by atoms with Crippen molar-refractivity contribution >= 4 is 0 Å². The molecule has 2 nitrogen and oxygen atoms in total. The van der Waals surface area contributed by atoms with Crippen LogP contribution in [0.1, 0.15) is 69.0 Å². The largest absolute Gasteiger partial charge is 0.309 e. The van der Waals surface area contributed by atoms with Crippen LogP contribution < -0.4 is 5.32 Å². The Labute approximate surface area is 129 Å². The first-order valence-electron chi connectivity index (χ1n) is 8.76. The quantitative estimate of drug-likeness (QED) is 0.897. The Morgan fingerprint density at radius 1 is 1.14 bits per heavy atom. The summed E-state index contributed by atoms with van der Waals surface area (Å²) in [6.07, 6.45) is 6.89. The SMILES string of the molecule is CCNC1c2ccccc2C(C)CC1N(C)C1CCCC1. The van der Waals surface area contributed by atoms with Gasteiger partial charge in [0.15, 0.2) is 0 Å². The Balaban J connectivity index is 1.89. The second kappa shape index (κ2) is 6.50. The zero-order valence-corrected chi connectivity index (χ0v) is 13.8. The first-order chi connectivity index (χ1) is 10.2. The minimum absolute atomic E-state index is 0.494.